The van der Waals surface area contributed by atoms with E-state index in [2.05, 4.69) is 17.6 Å². The number of rotatable bonds is 5. The van der Waals surface area contributed by atoms with Crippen molar-refractivity contribution >= 4 is 0 Å². The van der Waals surface area contributed by atoms with E-state index in [1.54, 1.807) is 19.3 Å². The predicted octanol–water partition coefficient (Wildman–Crippen LogP) is 2.79. The van der Waals surface area contributed by atoms with E-state index in [0.717, 1.165) is 29.7 Å². The Morgan fingerprint density at radius 3 is 2.63 bits per heavy atom. The highest BCUT2D eigenvalue weighted by atomic mass is 15.0. The second-order valence-electron chi connectivity index (χ2n) is 7.92. The monoisotopic (exact) mass is 262 g/mol. The molecule has 1 heterocycles. The number of piperidine rings is 1. The Balaban J connectivity index is 1.34. The molecule has 5 atom stereocenters. The quantitative estimate of drug-likeness (QED) is 0.796. The summed E-state index contributed by atoms with van der Waals surface area (Å²) >= 11 is 0. The van der Waals surface area contributed by atoms with Crippen LogP contribution in [0.5, 0.6) is 0 Å². The maximum absolute atomic E-state index is 4.01. The smallest absolute Gasteiger partial charge is 0.0136 e. The molecular formula is C17H30N2. The van der Waals surface area contributed by atoms with Crippen LogP contribution in [0.3, 0.4) is 0 Å². The van der Waals surface area contributed by atoms with Gasteiger partial charge >= 0.3 is 0 Å². The van der Waals surface area contributed by atoms with Crippen LogP contribution in [0.15, 0.2) is 0 Å². The van der Waals surface area contributed by atoms with Gasteiger partial charge in [-0.3, -0.25) is 0 Å². The number of fused-ring (bicyclic) bond motifs is 5. The van der Waals surface area contributed by atoms with Gasteiger partial charge in [0, 0.05) is 19.1 Å². The van der Waals surface area contributed by atoms with Crippen molar-refractivity contribution in [1.82, 2.24) is 10.6 Å². The molecule has 4 aliphatic rings. The van der Waals surface area contributed by atoms with Gasteiger partial charge in [0.05, 0.1) is 0 Å². The average Bonchev–Trinajstić information content (AvgIpc) is 2.81. The van der Waals surface area contributed by atoms with Gasteiger partial charge in [0.2, 0.25) is 0 Å². The molecule has 0 aromatic rings. The van der Waals surface area contributed by atoms with E-state index in [1.807, 2.05) is 0 Å². The zero-order valence-electron chi connectivity index (χ0n) is 12.5. The molecule has 0 radical (unpaired) electrons. The van der Waals surface area contributed by atoms with Crippen LogP contribution >= 0.6 is 0 Å². The SMILES string of the molecule is CCCC1(CNC2C3C4CCC(C4)C23)CCCNC1. The molecule has 108 valence electrons. The maximum Gasteiger partial charge on any atom is 0.0136 e. The molecule has 3 saturated carbocycles. The largest absolute Gasteiger partial charge is 0.316 e. The van der Waals surface area contributed by atoms with Gasteiger partial charge in [-0.15, -0.1) is 0 Å². The lowest BCUT2D eigenvalue weighted by Gasteiger charge is -2.38. The third-order valence-electron chi connectivity index (χ3n) is 6.79. The first-order chi connectivity index (χ1) is 9.33. The van der Waals surface area contributed by atoms with E-state index in [0.29, 0.717) is 5.41 Å². The molecule has 0 aromatic heterocycles. The van der Waals surface area contributed by atoms with E-state index < -0.39 is 0 Å². The summed E-state index contributed by atoms with van der Waals surface area (Å²) in [4.78, 5) is 0. The minimum atomic E-state index is 0.572. The first kappa shape index (κ1) is 12.6. The van der Waals surface area contributed by atoms with E-state index in [9.17, 15) is 0 Å². The predicted molar refractivity (Wildman–Crippen MR) is 79.0 cm³/mol. The summed E-state index contributed by atoms with van der Waals surface area (Å²) in [6.45, 7) is 6.13. The molecule has 4 fully saturated rings. The molecule has 2 N–H and O–H groups in total. The molecule has 2 bridgehead atoms. The van der Waals surface area contributed by atoms with Gasteiger partial charge in [0.15, 0.2) is 0 Å². The standard InChI is InChI=1S/C17H30N2/c1-2-6-17(7-3-8-18-10-17)11-19-16-14-12-4-5-13(9-12)15(14)16/h12-16,18-19H,2-11H2,1H3. The summed E-state index contributed by atoms with van der Waals surface area (Å²) in [6.07, 6.45) is 10.2. The fourth-order valence-corrected chi connectivity index (χ4v) is 5.95. The van der Waals surface area contributed by atoms with Gasteiger partial charge in [-0.2, -0.15) is 0 Å². The molecule has 2 nitrogen and oxygen atoms in total. The molecule has 1 saturated heterocycles. The van der Waals surface area contributed by atoms with Crippen molar-refractivity contribution < 1.29 is 0 Å². The zero-order valence-corrected chi connectivity index (χ0v) is 12.5. The fourth-order valence-electron chi connectivity index (χ4n) is 5.95. The second kappa shape index (κ2) is 4.73. The highest BCUT2D eigenvalue weighted by molar-refractivity contribution is 5.17. The molecule has 3 aliphatic carbocycles. The highest BCUT2D eigenvalue weighted by Crippen LogP contribution is 2.65. The lowest BCUT2D eigenvalue weighted by molar-refractivity contribution is 0.179. The van der Waals surface area contributed by atoms with Crippen molar-refractivity contribution in [3.63, 3.8) is 0 Å². The van der Waals surface area contributed by atoms with Gasteiger partial charge in [-0.25, -0.2) is 0 Å². The minimum absolute atomic E-state index is 0.572. The third kappa shape index (κ3) is 2.06. The Bertz CT molecular complexity index is 313. The Morgan fingerprint density at radius 1 is 1.21 bits per heavy atom. The zero-order chi connectivity index (χ0) is 12.9. The van der Waals surface area contributed by atoms with Crippen molar-refractivity contribution in [3.05, 3.63) is 0 Å². The van der Waals surface area contributed by atoms with Gasteiger partial charge < -0.3 is 10.6 Å². The average molecular weight is 262 g/mol. The Kier molecular flexibility index (Phi) is 3.15. The van der Waals surface area contributed by atoms with Crippen LogP contribution in [0, 0.1) is 29.1 Å². The summed E-state index contributed by atoms with van der Waals surface area (Å²) in [5.41, 5.74) is 0.572. The Hall–Kier alpha value is -0.0800. The van der Waals surface area contributed by atoms with E-state index in [1.165, 1.54) is 45.3 Å². The normalized spacial score (nSPS) is 51.3. The summed E-state index contributed by atoms with van der Waals surface area (Å²) in [6, 6.07) is 0.918. The second-order valence-corrected chi connectivity index (χ2v) is 7.92. The molecule has 0 amide bonds. The number of nitrogens with one attached hydrogen (secondary N) is 2. The van der Waals surface area contributed by atoms with E-state index in [4.69, 9.17) is 0 Å². The molecule has 19 heavy (non-hydrogen) atoms. The summed E-state index contributed by atoms with van der Waals surface area (Å²) in [7, 11) is 0. The van der Waals surface area contributed by atoms with Crippen molar-refractivity contribution in [2.75, 3.05) is 19.6 Å². The van der Waals surface area contributed by atoms with Gasteiger partial charge in [-0.05, 0) is 74.2 Å². The van der Waals surface area contributed by atoms with Crippen LogP contribution in [0.2, 0.25) is 0 Å². The molecule has 0 spiro atoms. The highest BCUT2D eigenvalue weighted by Gasteiger charge is 2.64. The Labute approximate surface area is 118 Å². The number of hydrogen-bond donors (Lipinski definition) is 2. The van der Waals surface area contributed by atoms with Crippen molar-refractivity contribution in [3.8, 4) is 0 Å². The first-order valence-electron chi connectivity index (χ1n) is 8.77. The van der Waals surface area contributed by atoms with E-state index in [-0.39, 0.29) is 0 Å². The van der Waals surface area contributed by atoms with Crippen LogP contribution < -0.4 is 10.6 Å². The number of hydrogen-bond acceptors (Lipinski definition) is 2. The lowest BCUT2D eigenvalue weighted by Crippen LogP contribution is -2.47. The lowest BCUT2D eigenvalue weighted by atomic mass is 9.77. The van der Waals surface area contributed by atoms with Crippen LogP contribution in [0.1, 0.15) is 51.9 Å². The van der Waals surface area contributed by atoms with Gasteiger partial charge in [0.25, 0.3) is 0 Å². The van der Waals surface area contributed by atoms with Crippen molar-refractivity contribution in [2.45, 2.75) is 57.9 Å². The molecule has 2 heteroatoms. The fraction of sp³-hybridized carbons (Fsp3) is 1.00. The van der Waals surface area contributed by atoms with Crippen LogP contribution in [0.4, 0.5) is 0 Å². The summed E-state index contributed by atoms with van der Waals surface area (Å²) in [5, 5.41) is 7.66. The van der Waals surface area contributed by atoms with E-state index >= 15 is 0 Å². The van der Waals surface area contributed by atoms with Crippen molar-refractivity contribution in [1.29, 1.82) is 0 Å². The summed E-state index contributed by atoms with van der Waals surface area (Å²) in [5.74, 6) is 4.40. The van der Waals surface area contributed by atoms with Gasteiger partial charge in [0.1, 0.15) is 0 Å². The van der Waals surface area contributed by atoms with Crippen LogP contribution in [-0.4, -0.2) is 25.7 Å². The van der Waals surface area contributed by atoms with Crippen LogP contribution in [0.25, 0.3) is 0 Å². The molecule has 5 unspecified atom stereocenters. The van der Waals surface area contributed by atoms with Crippen LogP contribution in [-0.2, 0) is 0 Å². The summed E-state index contributed by atoms with van der Waals surface area (Å²) < 4.78 is 0. The molecule has 0 aromatic carbocycles. The third-order valence-corrected chi connectivity index (χ3v) is 6.79. The molecule has 1 aliphatic heterocycles. The Morgan fingerprint density at radius 2 is 2.00 bits per heavy atom. The molecular weight excluding hydrogens is 232 g/mol. The minimum Gasteiger partial charge on any atom is -0.316 e. The van der Waals surface area contributed by atoms with Gasteiger partial charge in [-0.1, -0.05) is 13.3 Å². The first-order valence-corrected chi connectivity index (χ1v) is 8.77. The molecule has 4 rings (SSSR count). The maximum atomic E-state index is 4.01. The van der Waals surface area contributed by atoms with Crippen molar-refractivity contribution in [2.24, 2.45) is 29.1 Å². The topological polar surface area (TPSA) is 24.1 Å².